The highest BCUT2D eigenvalue weighted by atomic mass is 32.1. The van der Waals surface area contributed by atoms with Crippen molar-refractivity contribution in [1.82, 2.24) is 0 Å². The average molecular weight is 269 g/mol. The van der Waals surface area contributed by atoms with Gasteiger partial charge in [0, 0.05) is 22.4 Å². The van der Waals surface area contributed by atoms with Crippen LogP contribution in [0, 0.1) is 0 Å². The zero-order chi connectivity index (χ0) is 13.6. The van der Waals surface area contributed by atoms with E-state index in [0.717, 1.165) is 32.3 Å². The van der Waals surface area contributed by atoms with Crippen LogP contribution in [0.1, 0.15) is 50.3 Å². The highest BCUT2D eigenvalue weighted by Crippen LogP contribution is 2.28. The Morgan fingerprint density at radius 1 is 1.17 bits per heavy atom. The van der Waals surface area contributed by atoms with Crippen molar-refractivity contribution in [1.29, 1.82) is 0 Å². The molecule has 0 aliphatic carbocycles. The van der Waals surface area contributed by atoms with Crippen molar-refractivity contribution >= 4 is 11.3 Å². The summed E-state index contributed by atoms with van der Waals surface area (Å²) in [7, 11) is 0. The Bertz CT molecular complexity index is 344. The van der Waals surface area contributed by atoms with Gasteiger partial charge in [0.25, 0.3) is 0 Å². The highest BCUT2D eigenvalue weighted by molar-refractivity contribution is 7.11. The molecule has 0 spiro atoms. The number of hydrogen-bond acceptors (Lipinski definition) is 3. The second kappa shape index (κ2) is 7.27. The molecular formula is C15H27NOS. The van der Waals surface area contributed by atoms with Crippen LogP contribution in [0.15, 0.2) is 12.1 Å². The van der Waals surface area contributed by atoms with Crippen LogP contribution in [0.4, 0.5) is 0 Å². The van der Waals surface area contributed by atoms with E-state index in [1.807, 2.05) is 18.3 Å². The molecule has 1 aromatic heterocycles. The monoisotopic (exact) mass is 269 g/mol. The fraction of sp³-hybridized carbons (Fsp3) is 0.733. The lowest BCUT2D eigenvalue weighted by Gasteiger charge is -2.37. The number of hydrogen-bond donors (Lipinski definition) is 1. The van der Waals surface area contributed by atoms with Crippen LogP contribution < -0.4 is 5.73 Å². The molecule has 18 heavy (non-hydrogen) atoms. The third kappa shape index (κ3) is 3.56. The number of rotatable bonds is 8. The van der Waals surface area contributed by atoms with Crippen molar-refractivity contribution in [3.63, 3.8) is 0 Å². The van der Waals surface area contributed by atoms with Crippen LogP contribution in [0.2, 0.25) is 0 Å². The predicted octanol–water partition coefficient (Wildman–Crippen LogP) is 3.78. The molecule has 1 atom stereocenters. The van der Waals surface area contributed by atoms with Gasteiger partial charge < -0.3 is 10.5 Å². The lowest BCUT2D eigenvalue weighted by Crippen LogP contribution is -2.50. The van der Waals surface area contributed by atoms with Crippen molar-refractivity contribution in [3.05, 3.63) is 21.9 Å². The summed E-state index contributed by atoms with van der Waals surface area (Å²) in [4.78, 5) is 2.82. The van der Waals surface area contributed by atoms with Gasteiger partial charge in [0.15, 0.2) is 0 Å². The first-order chi connectivity index (χ1) is 8.61. The summed E-state index contributed by atoms with van der Waals surface area (Å²) >= 11 is 1.88. The van der Waals surface area contributed by atoms with Gasteiger partial charge in [-0.05, 0) is 44.7 Å². The lowest BCUT2D eigenvalue weighted by molar-refractivity contribution is -0.0632. The predicted molar refractivity (Wildman–Crippen MR) is 80.3 cm³/mol. The molecule has 3 heteroatoms. The summed E-state index contributed by atoms with van der Waals surface area (Å²) in [5.41, 5.74) is 6.26. The Labute approximate surface area is 116 Å². The van der Waals surface area contributed by atoms with Gasteiger partial charge >= 0.3 is 0 Å². The standard InChI is InChI=1S/C15H27NOS/c1-5-12-9-10-13(18-12)11-14(16)15(6-2,7-3)17-8-4/h9-10,14H,5-8,11,16H2,1-4H3. The maximum atomic E-state index is 6.42. The number of thiophene rings is 1. The molecule has 0 radical (unpaired) electrons. The molecule has 0 saturated heterocycles. The topological polar surface area (TPSA) is 35.2 Å². The molecule has 0 aromatic carbocycles. The number of aryl methyl sites for hydroxylation is 1. The van der Waals surface area contributed by atoms with Crippen LogP contribution in [-0.4, -0.2) is 18.2 Å². The Morgan fingerprint density at radius 2 is 1.78 bits per heavy atom. The van der Waals surface area contributed by atoms with Crippen LogP contribution in [0.5, 0.6) is 0 Å². The molecule has 1 aromatic rings. The van der Waals surface area contributed by atoms with Crippen molar-refractivity contribution in [2.24, 2.45) is 5.73 Å². The van der Waals surface area contributed by atoms with E-state index < -0.39 is 0 Å². The van der Waals surface area contributed by atoms with E-state index in [1.54, 1.807) is 0 Å². The SMILES string of the molecule is CCOC(CC)(CC)C(N)Cc1ccc(CC)s1. The molecule has 0 saturated carbocycles. The fourth-order valence-corrected chi connectivity index (χ4v) is 3.51. The van der Waals surface area contributed by atoms with Crippen molar-refractivity contribution in [2.45, 2.75) is 65.0 Å². The number of ether oxygens (including phenoxy) is 1. The summed E-state index contributed by atoms with van der Waals surface area (Å²) in [5.74, 6) is 0. The molecule has 0 fully saturated rings. The smallest absolute Gasteiger partial charge is 0.0830 e. The second-order valence-electron chi connectivity index (χ2n) is 4.74. The zero-order valence-electron chi connectivity index (χ0n) is 12.2. The van der Waals surface area contributed by atoms with Gasteiger partial charge in [-0.15, -0.1) is 11.3 Å². The van der Waals surface area contributed by atoms with Crippen LogP contribution in [0.3, 0.4) is 0 Å². The highest BCUT2D eigenvalue weighted by Gasteiger charge is 2.34. The maximum Gasteiger partial charge on any atom is 0.0830 e. The Balaban J connectivity index is 2.74. The van der Waals surface area contributed by atoms with Gasteiger partial charge in [0.1, 0.15) is 0 Å². The van der Waals surface area contributed by atoms with E-state index in [-0.39, 0.29) is 11.6 Å². The van der Waals surface area contributed by atoms with E-state index in [9.17, 15) is 0 Å². The first-order valence-electron chi connectivity index (χ1n) is 7.08. The van der Waals surface area contributed by atoms with Gasteiger partial charge in [-0.2, -0.15) is 0 Å². The first kappa shape index (κ1) is 15.7. The molecule has 2 nitrogen and oxygen atoms in total. The molecule has 0 aliphatic rings. The Morgan fingerprint density at radius 3 is 2.22 bits per heavy atom. The van der Waals surface area contributed by atoms with Gasteiger partial charge in [-0.1, -0.05) is 20.8 Å². The average Bonchev–Trinajstić information content (AvgIpc) is 2.83. The largest absolute Gasteiger partial charge is 0.374 e. The maximum absolute atomic E-state index is 6.42. The van der Waals surface area contributed by atoms with Gasteiger partial charge in [-0.3, -0.25) is 0 Å². The second-order valence-corrected chi connectivity index (χ2v) is 5.99. The molecule has 104 valence electrons. The molecule has 0 aliphatic heterocycles. The molecule has 0 bridgehead atoms. The van der Waals surface area contributed by atoms with Crippen LogP contribution >= 0.6 is 11.3 Å². The van der Waals surface area contributed by atoms with E-state index in [2.05, 4.69) is 32.9 Å². The number of nitrogens with two attached hydrogens (primary N) is 1. The summed E-state index contributed by atoms with van der Waals surface area (Å²) in [6, 6.07) is 4.51. The summed E-state index contributed by atoms with van der Waals surface area (Å²) < 4.78 is 5.97. The normalized spacial score (nSPS) is 13.8. The molecule has 1 unspecified atom stereocenters. The third-order valence-electron chi connectivity index (χ3n) is 3.79. The fourth-order valence-electron chi connectivity index (χ4n) is 2.50. The molecule has 2 N–H and O–H groups in total. The van der Waals surface area contributed by atoms with E-state index in [0.29, 0.717) is 0 Å². The van der Waals surface area contributed by atoms with Crippen molar-refractivity contribution in [2.75, 3.05) is 6.61 Å². The van der Waals surface area contributed by atoms with Crippen molar-refractivity contribution in [3.8, 4) is 0 Å². The molecule has 1 heterocycles. The zero-order valence-corrected chi connectivity index (χ0v) is 13.0. The van der Waals surface area contributed by atoms with Gasteiger partial charge in [0.2, 0.25) is 0 Å². The minimum absolute atomic E-state index is 0.0795. The van der Waals surface area contributed by atoms with Crippen LogP contribution in [-0.2, 0) is 17.6 Å². The lowest BCUT2D eigenvalue weighted by atomic mass is 9.86. The minimum Gasteiger partial charge on any atom is -0.374 e. The summed E-state index contributed by atoms with van der Waals surface area (Å²) in [6.07, 6.45) is 3.99. The summed E-state index contributed by atoms with van der Waals surface area (Å²) in [5, 5.41) is 0. The van der Waals surface area contributed by atoms with E-state index in [1.165, 1.54) is 9.75 Å². The van der Waals surface area contributed by atoms with E-state index in [4.69, 9.17) is 10.5 Å². The Kier molecular flexibility index (Phi) is 6.33. The molecular weight excluding hydrogens is 242 g/mol. The van der Waals surface area contributed by atoms with Crippen LogP contribution in [0.25, 0.3) is 0 Å². The van der Waals surface area contributed by atoms with E-state index >= 15 is 0 Å². The third-order valence-corrected chi connectivity index (χ3v) is 5.04. The first-order valence-corrected chi connectivity index (χ1v) is 7.90. The minimum atomic E-state index is -0.162. The Hall–Kier alpha value is -0.380. The van der Waals surface area contributed by atoms with Gasteiger partial charge in [-0.25, -0.2) is 0 Å². The van der Waals surface area contributed by atoms with Crippen molar-refractivity contribution < 1.29 is 4.74 Å². The van der Waals surface area contributed by atoms with Gasteiger partial charge in [0.05, 0.1) is 5.60 Å². The molecule has 0 amide bonds. The summed E-state index contributed by atoms with van der Waals surface area (Å²) in [6.45, 7) is 9.32. The molecule has 1 rings (SSSR count). The quantitative estimate of drug-likeness (QED) is 0.779.